The van der Waals surface area contributed by atoms with Gasteiger partial charge < -0.3 is 15.0 Å². The van der Waals surface area contributed by atoms with E-state index in [1.165, 1.54) is 50.0 Å². The van der Waals surface area contributed by atoms with Crippen LogP contribution in [0.15, 0.2) is 24.3 Å². The molecule has 2 atom stereocenters. The van der Waals surface area contributed by atoms with Crippen LogP contribution in [0.1, 0.15) is 32.1 Å². The van der Waals surface area contributed by atoms with Crippen LogP contribution in [0.3, 0.4) is 0 Å². The summed E-state index contributed by atoms with van der Waals surface area (Å²) < 4.78 is 5.63. The van der Waals surface area contributed by atoms with Gasteiger partial charge in [-0.25, -0.2) is 0 Å². The molecular formula is C20H28N6O2. The maximum Gasteiger partial charge on any atom is 0.257 e. The minimum absolute atomic E-state index is 0.0316. The number of benzene rings is 1. The second-order valence-corrected chi connectivity index (χ2v) is 7.72. The number of carbonyl (C=O) groups excluding carboxylic acids is 1. The standard InChI is InChI=1S/C20H28N6O2/c1-25-23-20(22-24-25)15-7-9-17(10-8-15)28-14-19(27)21-13-16-5-4-12-26-11-3-2-6-18(16)26/h7-10,16,18H,2-6,11-14H2,1H3,(H,21,27). The largest absolute Gasteiger partial charge is 0.484 e. The van der Waals surface area contributed by atoms with Crippen molar-refractivity contribution in [3.63, 3.8) is 0 Å². The van der Waals surface area contributed by atoms with E-state index in [4.69, 9.17) is 4.74 Å². The predicted octanol–water partition coefficient (Wildman–Crippen LogP) is 1.64. The van der Waals surface area contributed by atoms with Gasteiger partial charge in [0, 0.05) is 18.2 Å². The van der Waals surface area contributed by atoms with E-state index in [9.17, 15) is 4.79 Å². The molecule has 3 heterocycles. The lowest BCUT2D eigenvalue weighted by atomic mass is 9.83. The van der Waals surface area contributed by atoms with Crippen molar-refractivity contribution in [2.24, 2.45) is 13.0 Å². The summed E-state index contributed by atoms with van der Waals surface area (Å²) >= 11 is 0. The average molecular weight is 384 g/mol. The molecule has 2 aliphatic rings. The third-order valence-electron chi connectivity index (χ3n) is 5.78. The molecule has 28 heavy (non-hydrogen) atoms. The summed E-state index contributed by atoms with van der Waals surface area (Å²) in [5, 5.41) is 15.1. The number of piperidine rings is 2. The molecule has 150 valence electrons. The summed E-state index contributed by atoms with van der Waals surface area (Å²) in [6.07, 6.45) is 6.34. The average Bonchev–Trinajstić information content (AvgIpc) is 3.17. The van der Waals surface area contributed by atoms with Gasteiger partial charge in [-0.2, -0.15) is 4.80 Å². The van der Waals surface area contributed by atoms with Gasteiger partial charge in [-0.05, 0) is 74.2 Å². The zero-order valence-electron chi connectivity index (χ0n) is 16.4. The molecule has 1 N–H and O–H groups in total. The van der Waals surface area contributed by atoms with E-state index in [0.29, 0.717) is 23.5 Å². The van der Waals surface area contributed by atoms with Gasteiger partial charge in [-0.15, -0.1) is 10.2 Å². The lowest BCUT2D eigenvalue weighted by Crippen LogP contribution is -2.51. The van der Waals surface area contributed by atoms with Crippen LogP contribution in [0.5, 0.6) is 5.75 Å². The SMILES string of the molecule is Cn1nnc(-c2ccc(OCC(=O)NCC3CCCN4CCCCC34)cc2)n1. The smallest absolute Gasteiger partial charge is 0.257 e. The Morgan fingerprint density at radius 1 is 1.18 bits per heavy atom. The highest BCUT2D eigenvalue weighted by Crippen LogP contribution is 2.30. The molecule has 0 saturated carbocycles. The highest BCUT2D eigenvalue weighted by atomic mass is 16.5. The van der Waals surface area contributed by atoms with Crippen LogP contribution < -0.4 is 10.1 Å². The van der Waals surface area contributed by atoms with E-state index < -0.39 is 0 Å². The third-order valence-corrected chi connectivity index (χ3v) is 5.78. The fraction of sp³-hybridized carbons (Fsp3) is 0.600. The zero-order valence-corrected chi connectivity index (χ0v) is 16.4. The lowest BCUT2D eigenvalue weighted by Gasteiger charge is -2.44. The van der Waals surface area contributed by atoms with Gasteiger partial charge in [0.1, 0.15) is 5.75 Å². The van der Waals surface area contributed by atoms with Crippen LogP contribution in [0.25, 0.3) is 11.4 Å². The number of amides is 1. The Kier molecular flexibility index (Phi) is 5.85. The molecule has 8 heteroatoms. The molecule has 2 unspecified atom stereocenters. The van der Waals surface area contributed by atoms with E-state index in [1.54, 1.807) is 7.05 Å². The second-order valence-electron chi connectivity index (χ2n) is 7.72. The fourth-order valence-electron chi connectivity index (χ4n) is 4.36. The summed E-state index contributed by atoms with van der Waals surface area (Å²) in [4.78, 5) is 16.3. The van der Waals surface area contributed by atoms with Gasteiger partial charge >= 0.3 is 0 Å². The number of hydrogen-bond donors (Lipinski definition) is 1. The molecule has 1 amide bonds. The number of tetrazole rings is 1. The van der Waals surface area contributed by atoms with Crippen molar-refractivity contribution in [3.05, 3.63) is 24.3 Å². The summed E-state index contributed by atoms with van der Waals surface area (Å²) in [6.45, 7) is 3.22. The van der Waals surface area contributed by atoms with Crippen molar-refractivity contribution in [1.82, 2.24) is 30.4 Å². The number of aromatic nitrogens is 4. The van der Waals surface area contributed by atoms with E-state index in [2.05, 4.69) is 25.6 Å². The first-order valence-corrected chi connectivity index (χ1v) is 10.2. The van der Waals surface area contributed by atoms with Crippen molar-refractivity contribution in [2.75, 3.05) is 26.2 Å². The molecular weight excluding hydrogens is 356 g/mol. The summed E-state index contributed by atoms with van der Waals surface area (Å²) in [5.74, 6) is 1.72. The Morgan fingerprint density at radius 3 is 2.79 bits per heavy atom. The van der Waals surface area contributed by atoms with Crippen LogP contribution in [0.2, 0.25) is 0 Å². The van der Waals surface area contributed by atoms with Gasteiger partial charge in [0.2, 0.25) is 5.82 Å². The molecule has 4 rings (SSSR count). The molecule has 0 spiro atoms. The Balaban J connectivity index is 1.23. The highest BCUT2D eigenvalue weighted by molar-refractivity contribution is 5.77. The third kappa shape index (κ3) is 4.49. The van der Waals surface area contributed by atoms with E-state index >= 15 is 0 Å². The van der Waals surface area contributed by atoms with Crippen LogP contribution in [-0.4, -0.2) is 63.3 Å². The Morgan fingerprint density at radius 2 is 2.00 bits per heavy atom. The fourth-order valence-corrected chi connectivity index (χ4v) is 4.36. The maximum absolute atomic E-state index is 12.2. The van der Waals surface area contributed by atoms with E-state index in [-0.39, 0.29) is 12.5 Å². The molecule has 0 aliphatic carbocycles. The monoisotopic (exact) mass is 384 g/mol. The van der Waals surface area contributed by atoms with E-state index in [0.717, 1.165) is 12.1 Å². The van der Waals surface area contributed by atoms with Crippen LogP contribution in [-0.2, 0) is 11.8 Å². The first-order valence-electron chi connectivity index (χ1n) is 10.2. The summed E-state index contributed by atoms with van der Waals surface area (Å²) in [6, 6.07) is 8.01. The Labute approximate surface area is 165 Å². The molecule has 2 aromatic rings. The number of nitrogens with zero attached hydrogens (tertiary/aromatic N) is 5. The normalized spacial score (nSPS) is 22.5. The Bertz CT molecular complexity index is 788. The number of hydrogen-bond acceptors (Lipinski definition) is 6. The highest BCUT2D eigenvalue weighted by Gasteiger charge is 2.32. The molecule has 8 nitrogen and oxygen atoms in total. The summed E-state index contributed by atoms with van der Waals surface area (Å²) in [7, 11) is 1.73. The van der Waals surface area contributed by atoms with Gasteiger partial charge in [0.25, 0.3) is 5.91 Å². The van der Waals surface area contributed by atoms with Crippen molar-refractivity contribution in [2.45, 2.75) is 38.1 Å². The van der Waals surface area contributed by atoms with Crippen molar-refractivity contribution in [1.29, 1.82) is 0 Å². The van der Waals surface area contributed by atoms with Gasteiger partial charge in [0.05, 0.1) is 7.05 Å². The van der Waals surface area contributed by atoms with Crippen LogP contribution in [0, 0.1) is 5.92 Å². The van der Waals surface area contributed by atoms with Crippen molar-refractivity contribution < 1.29 is 9.53 Å². The number of carbonyl (C=O) groups is 1. The Hall–Kier alpha value is -2.48. The van der Waals surface area contributed by atoms with Crippen molar-refractivity contribution in [3.8, 4) is 17.1 Å². The van der Waals surface area contributed by atoms with Crippen LogP contribution in [0.4, 0.5) is 0 Å². The molecule has 2 fully saturated rings. The number of fused-ring (bicyclic) bond motifs is 1. The topological polar surface area (TPSA) is 85.2 Å². The zero-order chi connectivity index (χ0) is 19.3. The minimum Gasteiger partial charge on any atom is -0.484 e. The quantitative estimate of drug-likeness (QED) is 0.815. The molecule has 2 saturated heterocycles. The van der Waals surface area contributed by atoms with Gasteiger partial charge in [-0.1, -0.05) is 6.42 Å². The molecule has 0 radical (unpaired) electrons. The molecule has 1 aromatic carbocycles. The number of ether oxygens (including phenoxy) is 1. The second kappa shape index (κ2) is 8.68. The molecule has 2 aliphatic heterocycles. The summed E-state index contributed by atoms with van der Waals surface area (Å²) in [5.41, 5.74) is 0.860. The van der Waals surface area contributed by atoms with Gasteiger partial charge in [0.15, 0.2) is 6.61 Å². The minimum atomic E-state index is -0.0624. The first-order chi connectivity index (χ1) is 13.7. The number of rotatable bonds is 6. The first kappa shape index (κ1) is 18.9. The van der Waals surface area contributed by atoms with Crippen molar-refractivity contribution >= 4 is 5.91 Å². The van der Waals surface area contributed by atoms with E-state index in [1.807, 2.05) is 24.3 Å². The number of aryl methyl sites for hydroxylation is 1. The lowest BCUT2D eigenvalue weighted by molar-refractivity contribution is -0.123. The maximum atomic E-state index is 12.2. The van der Waals surface area contributed by atoms with Gasteiger partial charge in [-0.3, -0.25) is 4.79 Å². The van der Waals surface area contributed by atoms with Crippen LogP contribution >= 0.6 is 0 Å². The number of nitrogens with one attached hydrogen (secondary N) is 1. The molecule has 0 bridgehead atoms. The molecule has 1 aromatic heterocycles. The predicted molar refractivity (Wildman–Crippen MR) is 105 cm³/mol.